The van der Waals surface area contributed by atoms with Crippen molar-refractivity contribution in [2.45, 2.75) is 30.6 Å². The summed E-state index contributed by atoms with van der Waals surface area (Å²) in [7, 11) is 1.56. The quantitative estimate of drug-likeness (QED) is 0.333. The van der Waals surface area contributed by atoms with Crippen molar-refractivity contribution >= 4 is 11.8 Å². The topological polar surface area (TPSA) is 88.1 Å². The van der Waals surface area contributed by atoms with E-state index in [0.29, 0.717) is 34.3 Å². The summed E-state index contributed by atoms with van der Waals surface area (Å²) >= 11 is 1.21. The number of hydrogen-bond donors (Lipinski definition) is 0. The van der Waals surface area contributed by atoms with E-state index in [-0.39, 0.29) is 18.0 Å². The number of thioether (sulfide) groups is 1. The molecule has 0 bridgehead atoms. The van der Waals surface area contributed by atoms with E-state index >= 15 is 0 Å². The third-order valence-corrected chi connectivity index (χ3v) is 5.37. The molecule has 0 aliphatic heterocycles. The second kappa shape index (κ2) is 9.53. The van der Waals surface area contributed by atoms with Crippen LogP contribution in [0.1, 0.15) is 23.2 Å². The largest absolute Gasteiger partial charge is 0.497 e. The van der Waals surface area contributed by atoms with Crippen LogP contribution in [0.4, 0.5) is 13.2 Å². The van der Waals surface area contributed by atoms with Gasteiger partial charge in [-0.3, -0.25) is 4.57 Å². The summed E-state index contributed by atoms with van der Waals surface area (Å²) in [5.74, 6) is 2.60. The van der Waals surface area contributed by atoms with Gasteiger partial charge in [0.2, 0.25) is 11.8 Å². The van der Waals surface area contributed by atoms with Crippen LogP contribution in [0.25, 0.3) is 5.69 Å². The van der Waals surface area contributed by atoms with Gasteiger partial charge in [-0.25, -0.2) is 0 Å². The fourth-order valence-electron chi connectivity index (χ4n) is 2.91. The number of nitrogens with zero attached hydrogens (tertiary/aromatic N) is 5. The molecular formula is C21H18F3N5O3S. The Labute approximate surface area is 190 Å². The molecule has 4 rings (SSSR count). The smallest absolute Gasteiger partial charge is 0.416 e. The van der Waals surface area contributed by atoms with Crippen LogP contribution < -0.4 is 9.47 Å². The fraction of sp³-hybridized carbons (Fsp3) is 0.238. The zero-order valence-electron chi connectivity index (χ0n) is 17.5. The van der Waals surface area contributed by atoms with Crippen molar-refractivity contribution in [1.29, 1.82) is 0 Å². The van der Waals surface area contributed by atoms with E-state index in [0.717, 1.165) is 12.1 Å². The zero-order valence-corrected chi connectivity index (χ0v) is 18.4. The molecule has 0 fully saturated rings. The van der Waals surface area contributed by atoms with Crippen molar-refractivity contribution in [2.24, 2.45) is 0 Å². The zero-order chi connectivity index (χ0) is 23.4. The van der Waals surface area contributed by atoms with Crippen LogP contribution >= 0.6 is 11.8 Å². The van der Waals surface area contributed by atoms with Gasteiger partial charge in [0, 0.05) is 6.92 Å². The molecule has 0 aliphatic rings. The van der Waals surface area contributed by atoms with Gasteiger partial charge in [0.25, 0.3) is 0 Å². The lowest BCUT2D eigenvalue weighted by Crippen LogP contribution is -2.09. The number of rotatable bonds is 8. The molecule has 12 heteroatoms. The first-order valence-corrected chi connectivity index (χ1v) is 10.6. The maximum atomic E-state index is 13.3. The molecule has 2 aromatic carbocycles. The molecule has 33 heavy (non-hydrogen) atoms. The molecule has 8 nitrogen and oxygen atoms in total. The lowest BCUT2D eigenvalue weighted by molar-refractivity contribution is -0.137. The minimum absolute atomic E-state index is 0.0181. The SMILES string of the molecule is COc1ccc(OCc2nnc(SCc3nnc(C)o3)n2-c2cccc(C(F)(F)F)c2)cc1. The third kappa shape index (κ3) is 5.45. The molecule has 0 radical (unpaired) electrons. The second-order valence-corrected chi connectivity index (χ2v) is 7.69. The van der Waals surface area contributed by atoms with Crippen LogP contribution in [0.3, 0.4) is 0 Å². The van der Waals surface area contributed by atoms with Gasteiger partial charge >= 0.3 is 6.18 Å². The van der Waals surface area contributed by atoms with E-state index in [9.17, 15) is 13.2 Å². The molecule has 0 saturated heterocycles. The molecule has 0 atom stereocenters. The van der Waals surface area contributed by atoms with Gasteiger partial charge in [-0.15, -0.1) is 20.4 Å². The van der Waals surface area contributed by atoms with E-state index in [1.807, 2.05) is 0 Å². The number of methoxy groups -OCH3 is 1. The van der Waals surface area contributed by atoms with Crippen LogP contribution in [-0.2, 0) is 18.5 Å². The fourth-order valence-corrected chi connectivity index (χ4v) is 3.72. The minimum atomic E-state index is -4.49. The Morgan fingerprint density at radius 3 is 2.42 bits per heavy atom. The van der Waals surface area contributed by atoms with Gasteiger partial charge in [0.05, 0.1) is 24.1 Å². The molecular weight excluding hydrogens is 459 g/mol. The van der Waals surface area contributed by atoms with Gasteiger partial charge in [0.15, 0.2) is 11.0 Å². The number of alkyl halides is 3. The van der Waals surface area contributed by atoms with Gasteiger partial charge in [-0.1, -0.05) is 17.8 Å². The van der Waals surface area contributed by atoms with Gasteiger partial charge < -0.3 is 13.9 Å². The second-order valence-electron chi connectivity index (χ2n) is 6.75. The van der Waals surface area contributed by atoms with Crippen LogP contribution in [-0.4, -0.2) is 32.1 Å². The third-order valence-electron chi connectivity index (χ3n) is 4.45. The maximum absolute atomic E-state index is 13.3. The predicted molar refractivity (Wildman–Crippen MR) is 112 cm³/mol. The van der Waals surface area contributed by atoms with E-state index in [2.05, 4.69) is 20.4 Å². The first-order valence-electron chi connectivity index (χ1n) is 9.64. The van der Waals surface area contributed by atoms with Gasteiger partial charge in [0.1, 0.15) is 18.1 Å². The monoisotopic (exact) mass is 477 g/mol. The van der Waals surface area contributed by atoms with E-state index in [4.69, 9.17) is 13.9 Å². The molecule has 2 heterocycles. The highest BCUT2D eigenvalue weighted by atomic mass is 32.2. The molecule has 0 amide bonds. The molecule has 0 aliphatic carbocycles. The van der Waals surface area contributed by atoms with E-state index in [1.165, 1.54) is 22.4 Å². The molecule has 0 unspecified atom stereocenters. The van der Waals surface area contributed by atoms with Crippen LogP contribution in [0.5, 0.6) is 11.5 Å². The molecule has 0 saturated carbocycles. The Balaban J connectivity index is 1.63. The number of benzene rings is 2. The van der Waals surface area contributed by atoms with Crippen molar-refractivity contribution in [2.75, 3.05) is 7.11 Å². The average Bonchev–Trinajstić information content (AvgIpc) is 3.41. The van der Waals surface area contributed by atoms with Gasteiger partial charge in [-0.2, -0.15) is 13.2 Å². The lowest BCUT2D eigenvalue weighted by Gasteiger charge is -2.13. The number of halogens is 3. The minimum Gasteiger partial charge on any atom is -0.497 e. The Kier molecular flexibility index (Phi) is 6.54. The first-order chi connectivity index (χ1) is 15.8. The number of aryl methyl sites for hydroxylation is 1. The first kappa shape index (κ1) is 22.6. The Morgan fingerprint density at radius 2 is 1.76 bits per heavy atom. The number of hydrogen-bond acceptors (Lipinski definition) is 8. The Bertz CT molecular complexity index is 1220. The van der Waals surface area contributed by atoms with Crippen molar-refractivity contribution in [3.05, 3.63) is 71.7 Å². The van der Waals surface area contributed by atoms with Crippen LogP contribution in [0.15, 0.2) is 58.1 Å². The summed E-state index contributed by atoms with van der Waals surface area (Å²) in [6, 6.07) is 11.9. The summed E-state index contributed by atoms with van der Waals surface area (Å²) in [4.78, 5) is 0. The Morgan fingerprint density at radius 1 is 1.00 bits per heavy atom. The number of ether oxygens (including phenoxy) is 2. The summed E-state index contributed by atoms with van der Waals surface area (Å²) < 4.78 is 57.7. The highest BCUT2D eigenvalue weighted by molar-refractivity contribution is 7.98. The van der Waals surface area contributed by atoms with Crippen LogP contribution in [0.2, 0.25) is 0 Å². The van der Waals surface area contributed by atoms with Crippen molar-refractivity contribution in [3.63, 3.8) is 0 Å². The molecule has 2 aromatic heterocycles. The standard InChI is InChI=1S/C21H18F3N5O3S/c1-13-25-27-19(32-13)12-33-20-28-26-18(11-31-17-8-6-16(30-2)7-9-17)29(20)15-5-3-4-14(10-15)21(22,23)24/h3-10H,11-12H2,1-2H3. The summed E-state index contributed by atoms with van der Waals surface area (Å²) in [6.07, 6.45) is -4.49. The Hall–Kier alpha value is -3.54. The predicted octanol–water partition coefficient (Wildman–Crippen LogP) is 4.86. The highest BCUT2D eigenvalue weighted by Gasteiger charge is 2.31. The van der Waals surface area contributed by atoms with Crippen molar-refractivity contribution < 1.29 is 27.1 Å². The molecule has 0 N–H and O–H groups in total. The lowest BCUT2D eigenvalue weighted by atomic mass is 10.2. The van der Waals surface area contributed by atoms with Crippen molar-refractivity contribution in [3.8, 4) is 17.2 Å². The molecule has 4 aromatic rings. The normalized spacial score (nSPS) is 11.5. The van der Waals surface area contributed by atoms with E-state index in [1.54, 1.807) is 44.4 Å². The highest BCUT2D eigenvalue weighted by Crippen LogP contribution is 2.32. The van der Waals surface area contributed by atoms with Crippen molar-refractivity contribution in [1.82, 2.24) is 25.0 Å². The maximum Gasteiger partial charge on any atom is 0.416 e. The molecule has 0 spiro atoms. The van der Waals surface area contributed by atoms with Crippen LogP contribution in [0, 0.1) is 6.92 Å². The average molecular weight is 477 g/mol. The van der Waals surface area contributed by atoms with E-state index < -0.39 is 11.7 Å². The summed E-state index contributed by atoms with van der Waals surface area (Å²) in [6.45, 7) is 1.65. The summed E-state index contributed by atoms with van der Waals surface area (Å²) in [5.41, 5.74) is -0.522. The number of aromatic nitrogens is 5. The van der Waals surface area contributed by atoms with Gasteiger partial charge in [-0.05, 0) is 42.5 Å². The molecule has 172 valence electrons. The summed E-state index contributed by atoms with van der Waals surface area (Å²) in [5, 5.41) is 16.4.